The number of nitrogen functional groups attached to an aromatic ring is 1. The lowest BCUT2D eigenvalue weighted by molar-refractivity contribution is 0.0699. The van der Waals surface area contributed by atoms with E-state index in [1.807, 2.05) is 0 Å². The first-order chi connectivity index (χ1) is 14.9. The molecule has 4 N–H and O–H groups in total. The minimum atomic E-state index is -1.07. The quantitative estimate of drug-likeness (QED) is 0.401. The summed E-state index contributed by atoms with van der Waals surface area (Å²) >= 11 is 6.06. The molecule has 4 aromatic rings. The van der Waals surface area contributed by atoms with Gasteiger partial charge in [0.2, 0.25) is 11.9 Å². The molecule has 10 heteroatoms. The number of pyridine rings is 1. The van der Waals surface area contributed by atoms with Crippen LogP contribution in [-0.4, -0.2) is 31.0 Å². The minimum Gasteiger partial charge on any atom is -0.478 e. The van der Waals surface area contributed by atoms with Gasteiger partial charge in [0.05, 0.1) is 17.3 Å². The molecule has 0 radical (unpaired) electrons. The number of hydrogen-bond acceptors (Lipinski definition) is 8. The molecule has 0 amide bonds. The molecule has 0 atom stereocenters. The number of aromatic carboxylic acids is 1. The van der Waals surface area contributed by atoms with Crippen LogP contribution in [0.25, 0.3) is 10.9 Å². The number of para-hydroxylation sites is 1. The number of terminal acetylenes is 1. The Labute approximate surface area is 180 Å². The third-order valence-corrected chi connectivity index (χ3v) is 4.30. The topological polar surface area (TPSA) is 136 Å². The third kappa shape index (κ3) is 4.44. The van der Waals surface area contributed by atoms with Crippen LogP contribution in [0.3, 0.4) is 0 Å². The van der Waals surface area contributed by atoms with E-state index >= 15 is 0 Å². The highest BCUT2D eigenvalue weighted by molar-refractivity contribution is 6.31. The Morgan fingerprint density at radius 2 is 2.03 bits per heavy atom. The summed E-state index contributed by atoms with van der Waals surface area (Å²) in [5.41, 5.74) is 7.34. The number of carbonyl (C=O) groups is 1. The Balaban J connectivity index is 1.63. The van der Waals surface area contributed by atoms with Gasteiger partial charge in [0.25, 0.3) is 0 Å². The van der Waals surface area contributed by atoms with Gasteiger partial charge in [-0.2, -0.15) is 15.0 Å². The standard InChI is InChI=1S/C21H13ClN6O3/c1-2-11-6-13(22)9-14(7-11)25-20-26-19(23)27-21(28-20)31-15-8-12-4-3-5-16(18(29)30)17(12)24-10-15/h1,3-10H,(H,29,30)(H3,23,25,26,27,28). The highest BCUT2D eigenvalue weighted by Gasteiger charge is 2.12. The van der Waals surface area contributed by atoms with Crippen LogP contribution in [0.4, 0.5) is 17.6 Å². The average Bonchev–Trinajstić information content (AvgIpc) is 2.72. The van der Waals surface area contributed by atoms with Crippen molar-refractivity contribution in [2.45, 2.75) is 0 Å². The molecule has 0 saturated carbocycles. The van der Waals surface area contributed by atoms with Gasteiger partial charge in [-0.25, -0.2) is 4.79 Å². The summed E-state index contributed by atoms with van der Waals surface area (Å²) in [6.07, 6.45) is 6.80. The lowest BCUT2D eigenvalue weighted by Gasteiger charge is -2.09. The van der Waals surface area contributed by atoms with E-state index in [0.717, 1.165) is 0 Å². The molecule has 4 rings (SSSR count). The summed E-state index contributed by atoms with van der Waals surface area (Å²) < 4.78 is 5.66. The zero-order chi connectivity index (χ0) is 22.0. The summed E-state index contributed by atoms with van der Waals surface area (Å²) in [6.45, 7) is 0. The Hall–Kier alpha value is -4.42. The van der Waals surface area contributed by atoms with Crippen molar-refractivity contribution in [1.82, 2.24) is 19.9 Å². The number of nitrogens with one attached hydrogen (secondary N) is 1. The second-order valence-corrected chi connectivity index (χ2v) is 6.69. The zero-order valence-electron chi connectivity index (χ0n) is 15.7. The number of carboxylic acid groups (broad SMARTS) is 1. The number of halogens is 1. The van der Waals surface area contributed by atoms with Crippen LogP contribution in [0.5, 0.6) is 11.8 Å². The van der Waals surface area contributed by atoms with Crippen molar-refractivity contribution in [2.75, 3.05) is 11.1 Å². The molecule has 0 fully saturated rings. The number of aromatic nitrogens is 4. The van der Waals surface area contributed by atoms with Crippen LogP contribution < -0.4 is 15.8 Å². The maximum Gasteiger partial charge on any atom is 0.337 e. The summed E-state index contributed by atoms with van der Waals surface area (Å²) in [6, 6.07) is 11.3. The van der Waals surface area contributed by atoms with E-state index in [1.54, 1.807) is 36.4 Å². The molecular formula is C21H13ClN6O3. The monoisotopic (exact) mass is 432 g/mol. The fraction of sp³-hybridized carbons (Fsp3) is 0. The average molecular weight is 433 g/mol. The van der Waals surface area contributed by atoms with E-state index in [0.29, 0.717) is 32.9 Å². The molecule has 152 valence electrons. The largest absolute Gasteiger partial charge is 0.478 e. The van der Waals surface area contributed by atoms with Gasteiger partial charge in [-0.3, -0.25) is 4.98 Å². The van der Waals surface area contributed by atoms with Crippen molar-refractivity contribution in [1.29, 1.82) is 0 Å². The number of rotatable bonds is 5. The second-order valence-electron chi connectivity index (χ2n) is 6.25. The van der Waals surface area contributed by atoms with Gasteiger partial charge in [0.1, 0.15) is 5.75 Å². The molecule has 2 heterocycles. The zero-order valence-corrected chi connectivity index (χ0v) is 16.5. The Morgan fingerprint density at radius 3 is 2.81 bits per heavy atom. The Kier molecular flexibility index (Phi) is 5.22. The maximum absolute atomic E-state index is 11.3. The number of nitrogens with zero attached hydrogens (tertiary/aromatic N) is 4. The van der Waals surface area contributed by atoms with E-state index < -0.39 is 5.97 Å². The van der Waals surface area contributed by atoms with Crippen molar-refractivity contribution in [2.24, 2.45) is 0 Å². The van der Waals surface area contributed by atoms with Crippen molar-refractivity contribution in [3.05, 3.63) is 64.8 Å². The van der Waals surface area contributed by atoms with Crippen molar-refractivity contribution in [3.8, 4) is 24.1 Å². The number of fused-ring (bicyclic) bond motifs is 1. The van der Waals surface area contributed by atoms with Gasteiger partial charge < -0.3 is 20.9 Å². The van der Waals surface area contributed by atoms with Crippen molar-refractivity contribution in [3.63, 3.8) is 0 Å². The highest BCUT2D eigenvalue weighted by atomic mass is 35.5. The van der Waals surface area contributed by atoms with Gasteiger partial charge in [-0.05, 0) is 30.3 Å². The molecule has 31 heavy (non-hydrogen) atoms. The molecule has 2 aromatic carbocycles. The van der Waals surface area contributed by atoms with Crippen LogP contribution in [-0.2, 0) is 0 Å². The number of nitrogens with two attached hydrogens (primary N) is 1. The van der Waals surface area contributed by atoms with Crippen LogP contribution >= 0.6 is 11.6 Å². The maximum atomic E-state index is 11.3. The van der Waals surface area contributed by atoms with E-state index in [4.69, 9.17) is 28.5 Å². The first kappa shape index (κ1) is 19.9. The van der Waals surface area contributed by atoms with Gasteiger partial charge in [0.15, 0.2) is 0 Å². The van der Waals surface area contributed by atoms with E-state index in [1.165, 1.54) is 12.3 Å². The predicted molar refractivity (Wildman–Crippen MR) is 116 cm³/mol. The molecule has 9 nitrogen and oxygen atoms in total. The van der Waals surface area contributed by atoms with Crippen LogP contribution in [0.2, 0.25) is 5.02 Å². The molecule has 0 aliphatic carbocycles. The van der Waals surface area contributed by atoms with Gasteiger partial charge in [-0.15, -0.1) is 6.42 Å². The summed E-state index contributed by atoms with van der Waals surface area (Å²) in [5, 5.41) is 13.3. The lowest BCUT2D eigenvalue weighted by Crippen LogP contribution is -2.05. The number of carboxylic acids is 1. The predicted octanol–water partition coefficient (Wildman–Crippen LogP) is 3.87. The fourth-order valence-electron chi connectivity index (χ4n) is 2.82. The van der Waals surface area contributed by atoms with Gasteiger partial charge >= 0.3 is 12.0 Å². The van der Waals surface area contributed by atoms with Crippen LogP contribution in [0, 0.1) is 12.3 Å². The number of anilines is 3. The van der Waals surface area contributed by atoms with Crippen molar-refractivity contribution < 1.29 is 14.6 Å². The number of hydrogen-bond donors (Lipinski definition) is 3. The molecule has 0 spiro atoms. The number of benzene rings is 2. The summed E-state index contributed by atoms with van der Waals surface area (Å²) in [7, 11) is 0. The molecule has 0 unspecified atom stereocenters. The van der Waals surface area contributed by atoms with Crippen molar-refractivity contribution >= 4 is 46.1 Å². The molecule has 2 aromatic heterocycles. The first-order valence-electron chi connectivity index (χ1n) is 8.77. The number of ether oxygens (including phenoxy) is 1. The fourth-order valence-corrected chi connectivity index (χ4v) is 3.06. The summed E-state index contributed by atoms with van der Waals surface area (Å²) in [5.74, 6) is 1.78. The Morgan fingerprint density at radius 1 is 1.19 bits per heavy atom. The Bertz CT molecular complexity index is 1370. The third-order valence-electron chi connectivity index (χ3n) is 4.08. The van der Waals surface area contributed by atoms with E-state index in [9.17, 15) is 9.90 Å². The SMILES string of the molecule is C#Cc1cc(Cl)cc(Nc2nc(N)nc(Oc3cnc4c(C(=O)O)cccc4c3)n2)c1. The highest BCUT2D eigenvalue weighted by Crippen LogP contribution is 2.26. The molecule has 0 saturated heterocycles. The molecule has 0 aliphatic heterocycles. The lowest BCUT2D eigenvalue weighted by atomic mass is 10.1. The second kappa shape index (κ2) is 8.14. The normalized spacial score (nSPS) is 10.5. The van der Waals surface area contributed by atoms with E-state index in [-0.39, 0.29) is 23.5 Å². The van der Waals surface area contributed by atoms with Crippen LogP contribution in [0.1, 0.15) is 15.9 Å². The smallest absolute Gasteiger partial charge is 0.337 e. The molecule has 0 bridgehead atoms. The van der Waals surface area contributed by atoms with Gasteiger partial charge in [-0.1, -0.05) is 29.7 Å². The molecular weight excluding hydrogens is 420 g/mol. The van der Waals surface area contributed by atoms with Gasteiger partial charge in [0, 0.05) is 21.7 Å². The van der Waals surface area contributed by atoms with Crippen LogP contribution in [0.15, 0.2) is 48.7 Å². The van der Waals surface area contributed by atoms with E-state index in [2.05, 4.69) is 31.2 Å². The molecule has 0 aliphatic rings. The first-order valence-corrected chi connectivity index (χ1v) is 9.15. The minimum absolute atomic E-state index is 0.0754. The summed E-state index contributed by atoms with van der Waals surface area (Å²) in [4.78, 5) is 27.7.